The Bertz CT molecular complexity index is 685. The minimum absolute atomic E-state index is 0.268. The average molecular weight is 314 g/mol. The van der Waals surface area contributed by atoms with Crippen LogP contribution in [0.1, 0.15) is 18.5 Å². The normalized spacial score (nSPS) is 20.5. The highest BCUT2D eigenvalue weighted by Gasteiger charge is 2.19. The van der Waals surface area contributed by atoms with Gasteiger partial charge in [-0.05, 0) is 24.6 Å². The Kier molecular flexibility index (Phi) is 3.83. The van der Waals surface area contributed by atoms with Crippen molar-refractivity contribution in [1.82, 2.24) is 15.1 Å². The van der Waals surface area contributed by atoms with Gasteiger partial charge in [0, 0.05) is 37.7 Å². The van der Waals surface area contributed by atoms with E-state index in [0.29, 0.717) is 19.1 Å². The highest BCUT2D eigenvalue weighted by atomic mass is 16.6. The summed E-state index contributed by atoms with van der Waals surface area (Å²) < 4.78 is 13.3. The molecule has 2 aliphatic rings. The number of nitrogens with one attached hydrogen (secondary N) is 2. The molecule has 6 heteroatoms. The molecule has 1 aromatic heterocycles. The van der Waals surface area contributed by atoms with Crippen LogP contribution in [0.2, 0.25) is 0 Å². The highest BCUT2D eigenvalue weighted by Crippen LogP contribution is 2.32. The fraction of sp³-hybridized carbons (Fsp3) is 0.471. The van der Waals surface area contributed by atoms with Crippen molar-refractivity contribution in [3.8, 4) is 11.5 Å². The lowest BCUT2D eigenvalue weighted by atomic mass is 10.0. The van der Waals surface area contributed by atoms with E-state index >= 15 is 0 Å². The largest absolute Gasteiger partial charge is 0.486 e. The summed E-state index contributed by atoms with van der Waals surface area (Å²) >= 11 is 0. The number of ether oxygens (including phenoxy) is 2. The van der Waals surface area contributed by atoms with Gasteiger partial charge in [0.15, 0.2) is 11.5 Å². The maximum atomic E-state index is 5.66. The van der Waals surface area contributed by atoms with Crippen LogP contribution in [0, 0.1) is 5.92 Å². The number of aromatic nitrogens is 2. The molecule has 0 unspecified atom stereocenters. The first kappa shape index (κ1) is 14.4. The SMILES string of the molecule is C[C@H](NC[C@@H]1CNc2ccnn2C1)c1ccc2c(c1)OCCO2. The van der Waals surface area contributed by atoms with Crippen molar-refractivity contribution < 1.29 is 9.47 Å². The second-order valence-electron chi connectivity index (χ2n) is 6.18. The number of rotatable bonds is 4. The van der Waals surface area contributed by atoms with Gasteiger partial charge in [0.25, 0.3) is 0 Å². The van der Waals surface area contributed by atoms with E-state index in [1.807, 2.05) is 23.0 Å². The maximum absolute atomic E-state index is 5.66. The van der Waals surface area contributed by atoms with E-state index in [1.165, 1.54) is 5.56 Å². The van der Waals surface area contributed by atoms with Crippen molar-refractivity contribution >= 4 is 5.82 Å². The standard InChI is InChI=1S/C17H22N4O2/c1-12(14-2-3-15-16(8-14)23-7-6-22-15)18-9-13-10-19-17-4-5-20-21(17)11-13/h2-5,8,12-13,18-19H,6-7,9-11H2,1H3/t12-,13+/m0/s1. The van der Waals surface area contributed by atoms with Crippen molar-refractivity contribution in [3.63, 3.8) is 0 Å². The van der Waals surface area contributed by atoms with Crippen molar-refractivity contribution in [1.29, 1.82) is 0 Å². The highest BCUT2D eigenvalue weighted by molar-refractivity contribution is 5.44. The summed E-state index contributed by atoms with van der Waals surface area (Å²) in [5.74, 6) is 3.33. The zero-order valence-electron chi connectivity index (χ0n) is 13.3. The molecule has 6 nitrogen and oxygen atoms in total. The number of benzene rings is 1. The van der Waals surface area contributed by atoms with Crippen LogP contribution in [-0.4, -0.2) is 36.1 Å². The van der Waals surface area contributed by atoms with Crippen molar-refractivity contribution in [2.24, 2.45) is 5.92 Å². The van der Waals surface area contributed by atoms with Gasteiger partial charge in [-0.15, -0.1) is 0 Å². The summed E-state index contributed by atoms with van der Waals surface area (Å²) in [6, 6.07) is 8.47. The molecule has 0 spiro atoms. The number of nitrogens with zero attached hydrogens (tertiary/aromatic N) is 2. The van der Waals surface area contributed by atoms with Crippen LogP contribution in [0.15, 0.2) is 30.5 Å². The number of fused-ring (bicyclic) bond motifs is 2. The molecular weight excluding hydrogens is 292 g/mol. The Morgan fingerprint density at radius 2 is 2.17 bits per heavy atom. The van der Waals surface area contributed by atoms with Crippen LogP contribution in [0.4, 0.5) is 5.82 Å². The lowest BCUT2D eigenvalue weighted by molar-refractivity contribution is 0.171. The number of hydrogen-bond donors (Lipinski definition) is 2. The summed E-state index contributed by atoms with van der Waals surface area (Å²) in [5, 5.41) is 11.4. The molecule has 2 aliphatic heterocycles. The lowest BCUT2D eigenvalue weighted by Crippen LogP contribution is -2.36. The molecule has 23 heavy (non-hydrogen) atoms. The van der Waals surface area contributed by atoms with Crippen LogP contribution in [0.5, 0.6) is 11.5 Å². The van der Waals surface area contributed by atoms with E-state index in [-0.39, 0.29) is 6.04 Å². The Morgan fingerprint density at radius 3 is 3.09 bits per heavy atom. The van der Waals surface area contributed by atoms with Crippen molar-refractivity contribution in [2.75, 3.05) is 31.6 Å². The molecule has 0 bridgehead atoms. The third-order valence-electron chi connectivity index (χ3n) is 4.50. The fourth-order valence-electron chi connectivity index (χ4n) is 3.11. The van der Waals surface area contributed by atoms with E-state index in [2.05, 4.69) is 34.8 Å². The van der Waals surface area contributed by atoms with Crippen molar-refractivity contribution in [3.05, 3.63) is 36.0 Å². The molecule has 0 saturated heterocycles. The van der Waals surface area contributed by atoms with Crippen LogP contribution >= 0.6 is 0 Å². The van der Waals surface area contributed by atoms with Crippen molar-refractivity contribution in [2.45, 2.75) is 19.5 Å². The van der Waals surface area contributed by atoms with E-state index in [4.69, 9.17) is 9.47 Å². The molecule has 0 fully saturated rings. The summed E-state index contributed by atoms with van der Waals surface area (Å²) in [4.78, 5) is 0. The smallest absolute Gasteiger partial charge is 0.161 e. The Morgan fingerprint density at radius 1 is 1.30 bits per heavy atom. The van der Waals surface area contributed by atoms with Gasteiger partial charge >= 0.3 is 0 Å². The van der Waals surface area contributed by atoms with Gasteiger partial charge in [-0.3, -0.25) is 0 Å². The van der Waals surface area contributed by atoms with Gasteiger partial charge < -0.3 is 20.1 Å². The van der Waals surface area contributed by atoms with E-state index in [0.717, 1.165) is 37.0 Å². The molecule has 2 N–H and O–H groups in total. The second-order valence-corrected chi connectivity index (χ2v) is 6.18. The molecule has 0 saturated carbocycles. The fourth-order valence-corrected chi connectivity index (χ4v) is 3.11. The summed E-state index contributed by atoms with van der Waals surface area (Å²) in [5.41, 5.74) is 1.22. The average Bonchev–Trinajstić information content (AvgIpc) is 3.07. The molecule has 2 atom stereocenters. The zero-order chi connectivity index (χ0) is 15.6. The second kappa shape index (κ2) is 6.12. The number of anilines is 1. The van der Waals surface area contributed by atoms with Gasteiger partial charge in [0.1, 0.15) is 19.0 Å². The topological polar surface area (TPSA) is 60.3 Å². The molecule has 122 valence electrons. The molecule has 0 amide bonds. The zero-order valence-corrected chi connectivity index (χ0v) is 13.3. The molecule has 0 radical (unpaired) electrons. The van der Waals surface area contributed by atoms with Crippen LogP contribution in [0.3, 0.4) is 0 Å². The minimum atomic E-state index is 0.268. The monoisotopic (exact) mass is 314 g/mol. The quantitative estimate of drug-likeness (QED) is 0.904. The minimum Gasteiger partial charge on any atom is -0.486 e. The lowest BCUT2D eigenvalue weighted by Gasteiger charge is -2.27. The van der Waals surface area contributed by atoms with Gasteiger partial charge in [0.05, 0.1) is 6.20 Å². The summed E-state index contributed by atoms with van der Waals surface area (Å²) in [6.45, 7) is 6.31. The van der Waals surface area contributed by atoms with E-state index in [1.54, 1.807) is 0 Å². The molecular formula is C17H22N4O2. The molecule has 1 aromatic carbocycles. The third kappa shape index (κ3) is 2.99. The first-order valence-electron chi connectivity index (χ1n) is 8.18. The predicted molar refractivity (Wildman–Crippen MR) is 88.1 cm³/mol. The van der Waals surface area contributed by atoms with Gasteiger partial charge in [-0.25, -0.2) is 4.68 Å². The van der Waals surface area contributed by atoms with Crippen LogP contribution in [-0.2, 0) is 6.54 Å². The molecule has 0 aliphatic carbocycles. The molecule has 3 heterocycles. The van der Waals surface area contributed by atoms with Crippen LogP contribution < -0.4 is 20.1 Å². The molecule has 2 aromatic rings. The Hall–Kier alpha value is -2.21. The Balaban J connectivity index is 1.36. The summed E-state index contributed by atoms with van der Waals surface area (Å²) in [6.07, 6.45) is 1.84. The van der Waals surface area contributed by atoms with Crippen LogP contribution in [0.25, 0.3) is 0 Å². The van der Waals surface area contributed by atoms with E-state index in [9.17, 15) is 0 Å². The third-order valence-corrected chi connectivity index (χ3v) is 4.50. The van der Waals surface area contributed by atoms with Gasteiger partial charge in [-0.1, -0.05) is 6.07 Å². The van der Waals surface area contributed by atoms with E-state index < -0.39 is 0 Å². The maximum Gasteiger partial charge on any atom is 0.161 e. The molecule has 4 rings (SSSR count). The van der Waals surface area contributed by atoms with Gasteiger partial charge in [-0.2, -0.15) is 5.10 Å². The summed E-state index contributed by atoms with van der Waals surface area (Å²) in [7, 11) is 0. The predicted octanol–water partition coefficient (Wildman–Crippen LogP) is 2.05. The van der Waals surface area contributed by atoms with Gasteiger partial charge in [0.2, 0.25) is 0 Å². The first-order valence-corrected chi connectivity index (χ1v) is 8.18. The first-order chi connectivity index (χ1) is 11.3. The number of hydrogen-bond acceptors (Lipinski definition) is 5. The Labute approximate surface area is 135 Å².